The predicted octanol–water partition coefficient (Wildman–Crippen LogP) is 7.65. The molecule has 1 N–H and O–H groups in total. The van der Waals surface area contributed by atoms with Gasteiger partial charge >= 0.3 is 0 Å². The largest absolute Gasteiger partial charge is 0.366 e. The van der Waals surface area contributed by atoms with Crippen molar-refractivity contribution in [2.45, 2.75) is 85.6 Å². The first kappa shape index (κ1) is 22.3. The van der Waals surface area contributed by atoms with Gasteiger partial charge in [0.05, 0.1) is 17.1 Å². The van der Waals surface area contributed by atoms with Crippen LogP contribution in [-0.4, -0.2) is 16.0 Å². The first-order valence-corrected chi connectivity index (χ1v) is 11.6. The third-order valence-electron chi connectivity index (χ3n) is 6.15. The highest BCUT2D eigenvalue weighted by molar-refractivity contribution is 5.78. The molecule has 0 amide bonds. The Morgan fingerprint density at radius 3 is 2.30 bits per heavy atom. The number of rotatable bonds is 7. The van der Waals surface area contributed by atoms with E-state index in [2.05, 4.69) is 76.4 Å². The molecule has 0 spiro atoms. The number of allylic oxidation sites excluding steroid dienone is 4. The highest BCUT2D eigenvalue weighted by Gasteiger charge is 2.19. The molecule has 1 aromatic carbocycles. The van der Waals surface area contributed by atoms with Gasteiger partial charge in [-0.3, -0.25) is 0 Å². The maximum absolute atomic E-state index is 5.15. The van der Waals surface area contributed by atoms with Gasteiger partial charge in [-0.2, -0.15) is 0 Å². The Labute approximate surface area is 182 Å². The van der Waals surface area contributed by atoms with Gasteiger partial charge in [0.25, 0.3) is 0 Å². The lowest BCUT2D eigenvalue weighted by Gasteiger charge is -2.25. The van der Waals surface area contributed by atoms with E-state index in [0.717, 1.165) is 41.3 Å². The smallest absolute Gasteiger partial charge is 0.148 e. The number of anilines is 1. The minimum Gasteiger partial charge on any atom is -0.366 e. The van der Waals surface area contributed by atoms with Gasteiger partial charge in [0.2, 0.25) is 0 Å². The highest BCUT2D eigenvalue weighted by atomic mass is 15.1. The third kappa shape index (κ3) is 5.59. The first-order chi connectivity index (χ1) is 14.5. The van der Waals surface area contributed by atoms with Crippen molar-refractivity contribution in [1.29, 1.82) is 0 Å². The number of aryl methyl sites for hydroxylation is 2. The summed E-state index contributed by atoms with van der Waals surface area (Å²) < 4.78 is 0. The molecule has 1 fully saturated rings. The molecule has 1 heterocycles. The summed E-state index contributed by atoms with van der Waals surface area (Å²) in [6, 6.07) is 9.17. The summed E-state index contributed by atoms with van der Waals surface area (Å²) in [5.41, 5.74) is 7.97. The molecule has 0 unspecified atom stereocenters. The number of hydrogen-bond donors (Lipinski definition) is 1. The van der Waals surface area contributed by atoms with Crippen LogP contribution in [0.2, 0.25) is 0 Å². The van der Waals surface area contributed by atoms with Gasteiger partial charge in [0.15, 0.2) is 0 Å². The molecule has 1 aliphatic carbocycles. The van der Waals surface area contributed by atoms with Crippen LogP contribution in [0.4, 0.5) is 5.82 Å². The Balaban J connectivity index is 2.07. The second kappa shape index (κ2) is 10.6. The molecule has 3 nitrogen and oxygen atoms in total. The summed E-state index contributed by atoms with van der Waals surface area (Å²) in [4.78, 5) is 10.2. The van der Waals surface area contributed by atoms with Crippen LogP contribution in [0.5, 0.6) is 0 Å². The topological polar surface area (TPSA) is 37.8 Å². The Morgan fingerprint density at radius 1 is 0.967 bits per heavy atom. The molecule has 160 valence electrons. The van der Waals surface area contributed by atoms with Crippen LogP contribution >= 0.6 is 0 Å². The van der Waals surface area contributed by atoms with Crippen molar-refractivity contribution >= 4 is 11.4 Å². The van der Waals surface area contributed by atoms with Crippen LogP contribution in [0.3, 0.4) is 0 Å². The van der Waals surface area contributed by atoms with Crippen molar-refractivity contribution in [3.8, 4) is 11.3 Å². The zero-order valence-corrected chi connectivity index (χ0v) is 19.4. The lowest BCUT2D eigenvalue weighted by Crippen LogP contribution is -2.24. The van der Waals surface area contributed by atoms with Crippen LogP contribution in [0.25, 0.3) is 16.8 Å². The van der Waals surface area contributed by atoms with Crippen molar-refractivity contribution in [3.63, 3.8) is 0 Å². The van der Waals surface area contributed by atoms with Crippen molar-refractivity contribution in [1.82, 2.24) is 9.97 Å². The lowest BCUT2D eigenvalue weighted by molar-refractivity contribution is 0.461. The second-order valence-corrected chi connectivity index (χ2v) is 8.61. The Bertz CT molecular complexity index is 900. The Hall–Kier alpha value is -2.42. The van der Waals surface area contributed by atoms with Crippen molar-refractivity contribution in [2.24, 2.45) is 0 Å². The van der Waals surface area contributed by atoms with E-state index in [1.54, 1.807) is 0 Å². The van der Waals surface area contributed by atoms with Crippen LogP contribution in [0, 0.1) is 13.8 Å². The summed E-state index contributed by atoms with van der Waals surface area (Å²) in [6.07, 6.45) is 12.9. The van der Waals surface area contributed by atoms with Crippen LogP contribution in [0.1, 0.15) is 82.7 Å². The van der Waals surface area contributed by atoms with Gasteiger partial charge < -0.3 is 5.32 Å². The van der Waals surface area contributed by atoms with Gasteiger partial charge in [-0.05, 0) is 52.0 Å². The predicted molar refractivity (Wildman–Crippen MR) is 130 cm³/mol. The van der Waals surface area contributed by atoms with Crippen molar-refractivity contribution in [3.05, 3.63) is 58.9 Å². The molecule has 0 bridgehead atoms. The number of benzene rings is 1. The van der Waals surface area contributed by atoms with E-state index in [4.69, 9.17) is 9.97 Å². The van der Waals surface area contributed by atoms with Crippen LogP contribution < -0.4 is 5.32 Å². The average molecular weight is 404 g/mol. The molecule has 0 aliphatic heterocycles. The highest BCUT2D eigenvalue weighted by Crippen LogP contribution is 2.31. The lowest BCUT2D eigenvalue weighted by atomic mass is 9.95. The molecule has 3 rings (SSSR count). The zero-order valence-electron chi connectivity index (χ0n) is 19.4. The molecule has 0 radical (unpaired) electrons. The van der Waals surface area contributed by atoms with E-state index in [9.17, 15) is 0 Å². The maximum atomic E-state index is 5.15. The van der Waals surface area contributed by atoms with E-state index in [1.165, 1.54) is 48.8 Å². The maximum Gasteiger partial charge on any atom is 0.148 e. The molecule has 30 heavy (non-hydrogen) atoms. The molecule has 3 heteroatoms. The van der Waals surface area contributed by atoms with Crippen molar-refractivity contribution in [2.75, 3.05) is 5.32 Å². The third-order valence-corrected chi connectivity index (χ3v) is 6.15. The van der Waals surface area contributed by atoms with Crippen LogP contribution in [0.15, 0.2) is 42.0 Å². The van der Waals surface area contributed by atoms with Crippen LogP contribution in [-0.2, 0) is 0 Å². The fourth-order valence-electron chi connectivity index (χ4n) is 3.96. The second-order valence-electron chi connectivity index (χ2n) is 8.61. The quantitative estimate of drug-likeness (QED) is 0.482. The van der Waals surface area contributed by atoms with Gasteiger partial charge in [0, 0.05) is 11.6 Å². The number of nitrogens with one attached hydrogen (secondary N) is 1. The average Bonchev–Trinajstić information content (AvgIpc) is 2.77. The zero-order chi connectivity index (χ0) is 21.5. The summed E-state index contributed by atoms with van der Waals surface area (Å²) >= 11 is 0. The van der Waals surface area contributed by atoms with E-state index in [-0.39, 0.29) is 0 Å². The van der Waals surface area contributed by atoms with Gasteiger partial charge in [-0.1, -0.05) is 80.7 Å². The number of nitrogens with zero attached hydrogens (tertiary/aromatic N) is 2. The molecule has 2 aromatic rings. The normalized spacial score (nSPS) is 16.0. The summed E-state index contributed by atoms with van der Waals surface area (Å²) in [7, 11) is 0. The monoisotopic (exact) mass is 403 g/mol. The molecule has 1 aromatic heterocycles. The minimum atomic E-state index is 0.514. The van der Waals surface area contributed by atoms with E-state index < -0.39 is 0 Å². The number of aromatic nitrogens is 2. The Kier molecular flexibility index (Phi) is 7.84. The fraction of sp³-hybridized carbons (Fsp3) is 0.481. The minimum absolute atomic E-state index is 0.514. The summed E-state index contributed by atoms with van der Waals surface area (Å²) in [6.45, 7) is 10.8. The standard InChI is InChI=1S/C27H37N3/c1-6-19(3)13-16-22(7-2)25-26(23-17-14-20(4)15-18-23)30-27(21(5)28-25)29-24-11-9-8-10-12-24/h13-18,24H,6-12H2,1-5H3,(H,29,30)/b19-13-,22-16+. The van der Waals surface area contributed by atoms with Gasteiger partial charge in [-0.25, -0.2) is 9.97 Å². The summed E-state index contributed by atoms with van der Waals surface area (Å²) in [5, 5.41) is 3.71. The van der Waals surface area contributed by atoms with E-state index in [1.807, 2.05) is 0 Å². The van der Waals surface area contributed by atoms with Crippen molar-refractivity contribution < 1.29 is 0 Å². The summed E-state index contributed by atoms with van der Waals surface area (Å²) in [5.74, 6) is 0.942. The number of hydrogen-bond acceptors (Lipinski definition) is 3. The molecule has 1 aliphatic rings. The van der Waals surface area contributed by atoms with Gasteiger partial charge in [-0.15, -0.1) is 0 Å². The Morgan fingerprint density at radius 2 is 1.67 bits per heavy atom. The molecule has 0 atom stereocenters. The van der Waals surface area contributed by atoms with E-state index in [0.29, 0.717) is 6.04 Å². The molecule has 0 saturated heterocycles. The molecule has 1 saturated carbocycles. The van der Waals surface area contributed by atoms with Gasteiger partial charge in [0.1, 0.15) is 5.82 Å². The first-order valence-electron chi connectivity index (χ1n) is 11.6. The fourth-order valence-corrected chi connectivity index (χ4v) is 3.96. The SMILES string of the molecule is CC/C(C)=C\C=C(/CC)c1nc(C)c(NC2CCCCC2)nc1-c1ccc(C)cc1. The molecular formula is C27H37N3. The van der Waals surface area contributed by atoms with E-state index >= 15 is 0 Å². The molecular weight excluding hydrogens is 366 g/mol.